The monoisotopic (exact) mass is 297 g/mol. The molecular formula is C15H24FN3O2. The maximum absolute atomic E-state index is 13.7. The minimum atomic E-state index is -0.398. The second-order valence-corrected chi connectivity index (χ2v) is 5.05. The van der Waals surface area contributed by atoms with Gasteiger partial charge in [-0.25, -0.2) is 4.39 Å². The predicted molar refractivity (Wildman–Crippen MR) is 80.9 cm³/mol. The van der Waals surface area contributed by atoms with E-state index in [0.717, 1.165) is 18.5 Å². The minimum Gasteiger partial charge on any atom is -0.409 e. The quantitative estimate of drug-likeness (QED) is 0.334. The Hall–Kier alpha value is -1.66. The van der Waals surface area contributed by atoms with Gasteiger partial charge in [-0.3, -0.25) is 4.90 Å². The molecular weight excluding hydrogens is 273 g/mol. The summed E-state index contributed by atoms with van der Waals surface area (Å²) < 4.78 is 18.8. The topological polar surface area (TPSA) is 71.1 Å². The maximum atomic E-state index is 13.7. The van der Waals surface area contributed by atoms with Crippen LogP contribution in [0.15, 0.2) is 23.4 Å². The van der Waals surface area contributed by atoms with Crippen LogP contribution in [0.5, 0.6) is 0 Å². The van der Waals surface area contributed by atoms with E-state index in [-0.39, 0.29) is 5.84 Å². The van der Waals surface area contributed by atoms with E-state index < -0.39 is 5.82 Å². The van der Waals surface area contributed by atoms with Gasteiger partial charge in [-0.05, 0) is 37.1 Å². The highest BCUT2D eigenvalue weighted by Crippen LogP contribution is 2.14. The van der Waals surface area contributed by atoms with Gasteiger partial charge in [0.25, 0.3) is 0 Å². The van der Waals surface area contributed by atoms with Gasteiger partial charge in [-0.2, -0.15) is 0 Å². The van der Waals surface area contributed by atoms with Crippen molar-refractivity contribution in [3.63, 3.8) is 0 Å². The molecule has 1 atom stereocenters. The smallest absolute Gasteiger partial charge is 0.170 e. The van der Waals surface area contributed by atoms with Gasteiger partial charge in [-0.15, -0.1) is 0 Å². The lowest BCUT2D eigenvalue weighted by Gasteiger charge is -2.28. The third-order valence-corrected chi connectivity index (χ3v) is 3.54. The summed E-state index contributed by atoms with van der Waals surface area (Å²) in [5, 5.41) is 11.6. The van der Waals surface area contributed by atoms with E-state index in [2.05, 4.69) is 23.9 Å². The summed E-state index contributed by atoms with van der Waals surface area (Å²) in [6.45, 7) is 6.20. The SMILES string of the molecule is CCC(C)N(CCOC)Cc1cc(F)cc(/C(N)=N/O)c1. The number of amidine groups is 1. The van der Waals surface area contributed by atoms with Crippen molar-refractivity contribution in [2.75, 3.05) is 20.3 Å². The third kappa shape index (κ3) is 5.32. The maximum Gasteiger partial charge on any atom is 0.170 e. The zero-order valence-electron chi connectivity index (χ0n) is 12.8. The van der Waals surface area contributed by atoms with Crippen molar-refractivity contribution in [2.45, 2.75) is 32.9 Å². The van der Waals surface area contributed by atoms with Gasteiger partial charge in [0.1, 0.15) is 5.82 Å². The Morgan fingerprint density at radius 1 is 1.48 bits per heavy atom. The van der Waals surface area contributed by atoms with Gasteiger partial charge in [0.15, 0.2) is 5.84 Å². The van der Waals surface area contributed by atoms with Crippen molar-refractivity contribution in [3.05, 3.63) is 35.1 Å². The van der Waals surface area contributed by atoms with Crippen molar-refractivity contribution in [3.8, 4) is 0 Å². The second kappa shape index (κ2) is 8.59. The minimum absolute atomic E-state index is 0.0947. The van der Waals surface area contributed by atoms with Crippen molar-refractivity contribution in [1.82, 2.24) is 4.90 Å². The number of ether oxygens (including phenoxy) is 1. The number of hydrogen-bond acceptors (Lipinski definition) is 4. The third-order valence-electron chi connectivity index (χ3n) is 3.54. The average Bonchev–Trinajstić information content (AvgIpc) is 2.49. The van der Waals surface area contributed by atoms with Crippen LogP contribution in [0.2, 0.25) is 0 Å². The molecule has 5 nitrogen and oxygen atoms in total. The molecule has 0 amide bonds. The molecule has 3 N–H and O–H groups in total. The number of nitrogens with zero attached hydrogens (tertiary/aromatic N) is 2. The molecule has 0 bridgehead atoms. The molecule has 0 aliphatic heterocycles. The van der Waals surface area contributed by atoms with E-state index in [0.29, 0.717) is 24.8 Å². The molecule has 0 aliphatic carbocycles. The van der Waals surface area contributed by atoms with Gasteiger partial charge >= 0.3 is 0 Å². The summed E-state index contributed by atoms with van der Waals surface area (Å²) in [4.78, 5) is 2.22. The van der Waals surface area contributed by atoms with Gasteiger partial charge in [0.05, 0.1) is 6.61 Å². The lowest BCUT2D eigenvalue weighted by molar-refractivity contribution is 0.118. The summed E-state index contributed by atoms with van der Waals surface area (Å²) in [6, 6.07) is 4.81. The Kier molecular flexibility index (Phi) is 7.11. The molecule has 1 aromatic carbocycles. The molecule has 21 heavy (non-hydrogen) atoms. The van der Waals surface area contributed by atoms with Crippen LogP contribution in [0.25, 0.3) is 0 Å². The molecule has 0 spiro atoms. The van der Waals surface area contributed by atoms with E-state index in [1.54, 1.807) is 13.2 Å². The number of rotatable bonds is 8. The van der Waals surface area contributed by atoms with Crippen LogP contribution in [-0.2, 0) is 11.3 Å². The largest absolute Gasteiger partial charge is 0.409 e. The van der Waals surface area contributed by atoms with Crippen molar-refractivity contribution in [2.24, 2.45) is 10.9 Å². The zero-order valence-corrected chi connectivity index (χ0v) is 12.8. The number of oxime groups is 1. The first kappa shape index (κ1) is 17.4. The fourth-order valence-electron chi connectivity index (χ4n) is 2.10. The second-order valence-electron chi connectivity index (χ2n) is 5.05. The van der Waals surface area contributed by atoms with Crippen LogP contribution in [-0.4, -0.2) is 42.2 Å². The highest BCUT2D eigenvalue weighted by molar-refractivity contribution is 5.97. The Labute approximate surface area is 125 Å². The molecule has 0 aromatic heterocycles. The number of hydrogen-bond donors (Lipinski definition) is 2. The first-order valence-electron chi connectivity index (χ1n) is 7.02. The van der Waals surface area contributed by atoms with E-state index in [1.165, 1.54) is 12.1 Å². The lowest BCUT2D eigenvalue weighted by Crippen LogP contribution is -2.35. The summed E-state index contributed by atoms with van der Waals surface area (Å²) >= 11 is 0. The summed E-state index contributed by atoms with van der Waals surface area (Å²) in [5.41, 5.74) is 6.69. The molecule has 0 saturated heterocycles. The molecule has 0 fully saturated rings. The Bertz CT molecular complexity index is 480. The van der Waals surface area contributed by atoms with E-state index in [1.807, 2.05) is 0 Å². The molecule has 1 rings (SSSR count). The van der Waals surface area contributed by atoms with E-state index in [9.17, 15) is 4.39 Å². The molecule has 6 heteroatoms. The van der Waals surface area contributed by atoms with Crippen LogP contribution in [0, 0.1) is 5.82 Å². The molecule has 1 unspecified atom stereocenters. The molecule has 0 saturated carbocycles. The predicted octanol–water partition coefficient (Wildman–Crippen LogP) is 2.17. The van der Waals surface area contributed by atoms with Crippen LogP contribution >= 0.6 is 0 Å². The van der Waals surface area contributed by atoms with Gasteiger partial charge in [0, 0.05) is 31.8 Å². The van der Waals surface area contributed by atoms with Gasteiger partial charge in [-0.1, -0.05) is 12.1 Å². The molecule has 0 aliphatic rings. The normalized spacial score (nSPS) is 13.7. The van der Waals surface area contributed by atoms with Crippen molar-refractivity contribution >= 4 is 5.84 Å². The van der Waals surface area contributed by atoms with Crippen molar-refractivity contribution in [1.29, 1.82) is 0 Å². The Morgan fingerprint density at radius 3 is 2.76 bits per heavy atom. The number of nitrogens with two attached hydrogens (primary N) is 1. The summed E-state index contributed by atoms with van der Waals surface area (Å²) in [5.74, 6) is -0.493. The Morgan fingerprint density at radius 2 is 2.19 bits per heavy atom. The first-order valence-corrected chi connectivity index (χ1v) is 7.02. The van der Waals surface area contributed by atoms with Crippen LogP contribution in [0.4, 0.5) is 4.39 Å². The number of benzene rings is 1. The van der Waals surface area contributed by atoms with Gasteiger partial charge in [0.2, 0.25) is 0 Å². The summed E-state index contributed by atoms with van der Waals surface area (Å²) in [7, 11) is 1.66. The van der Waals surface area contributed by atoms with Crippen LogP contribution < -0.4 is 5.73 Å². The molecule has 0 radical (unpaired) electrons. The zero-order chi connectivity index (χ0) is 15.8. The fraction of sp³-hybridized carbons (Fsp3) is 0.533. The van der Waals surface area contributed by atoms with Gasteiger partial charge < -0.3 is 15.7 Å². The van der Waals surface area contributed by atoms with E-state index >= 15 is 0 Å². The highest BCUT2D eigenvalue weighted by atomic mass is 19.1. The average molecular weight is 297 g/mol. The lowest BCUT2D eigenvalue weighted by atomic mass is 10.1. The molecule has 1 aromatic rings. The standard InChI is InChI=1S/C15H24FN3O2/c1-4-11(2)19(5-6-21-3)10-12-7-13(15(17)18-20)9-14(16)8-12/h7-9,11,20H,4-6,10H2,1-3H3,(H2,17,18). The first-order chi connectivity index (χ1) is 10.0. The van der Waals surface area contributed by atoms with E-state index in [4.69, 9.17) is 15.7 Å². The molecule has 0 heterocycles. The van der Waals surface area contributed by atoms with Crippen molar-refractivity contribution < 1.29 is 14.3 Å². The van der Waals surface area contributed by atoms with Crippen LogP contribution in [0.3, 0.4) is 0 Å². The number of halogens is 1. The highest BCUT2D eigenvalue weighted by Gasteiger charge is 2.14. The number of methoxy groups -OCH3 is 1. The summed E-state index contributed by atoms with van der Waals surface area (Å²) in [6.07, 6.45) is 0.992. The Balaban J connectivity index is 2.94. The van der Waals surface area contributed by atoms with Crippen LogP contribution in [0.1, 0.15) is 31.4 Å². The fourth-order valence-corrected chi connectivity index (χ4v) is 2.10. The molecule has 118 valence electrons.